The molecule has 0 aromatic carbocycles. The van der Waals surface area contributed by atoms with E-state index in [1.54, 1.807) is 12.3 Å². The van der Waals surface area contributed by atoms with Gasteiger partial charge in [0.25, 0.3) is 0 Å². The molecule has 6 nitrogen and oxygen atoms in total. The van der Waals surface area contributed by atoms with Crippen LogP contribution in [0.3, 0.4) is 0 Å². The fraction of sp³-hybridized carbons (Fsp3) is 0.450. The number of pyridine rings is 2. The van der Waals surface area contributed by atoms with Crippen molar-refractivity contribution in [2.75, 3.05) is 31.5 Å². The molecule has 0 saturated carbocycles. The number of nitrogens with zero attached hydrogens (tertiary/aromatic N) is 4. The summed E-state index contributed by atoms with van der Waals surface area (Å²) in [4.78, 5) is 25.3. The number of hydrogen-bond donors (Lipinski definition) is 1. The summed E-state index contributed by atoms with van der Waals surface area (Å²) in [5, 5.41) is 3.11. The molecule has 1 N–H and O–H groups in total. The van der Waals surface area contributed by atoms with Crippen molar-refractivity contribution in [1.82, 2.24) is 19.8 Å². The largest absolute Gasteiger partial charge is 0.342 e. The van der Waals surface area contributed by atoms with Crippen LogP contribution in [0.2, 0.25) is 0 Å². The van der Waals surface area contributed by atoms with Gasteiger partial charge in [0, 0.05) is 13.1 Å². The number of carbonyl (C=O) groups excluding carboxylic acids is 1. The van der Waals surface area contributed by atoms with Crippen LogP contribution in [0, 0.1) is 5.82 Å². The van der Waals surface area contributed by atoms with Crippen LogP contribution in [0.25, 0.3) is 0 Å². The lowest BCUT2D eigenvalue weighted by molar-refractivity contribution is -0.131. The predicted octanol–water partition coefficient (Wildman–Crippen LogP) is 3.12. The van der Waals surface area contributed by atoms with Crippen molar-refractivity contribution in [3.8, 4) is 0 Å². The molecule has 27 heavy (non-hydrogen) atoms. The molecule has 4 rings (SSSR count). The molecule has 2 aromatic rings. The van der Waals surface area contributed by atoms with Crippen molar-refractivity contribution in [3.05, 3.63) is 48.2 Å². The third-order valence-corrected chi connectivity index (χ3v) is 5.29. The molecular weight excluding hydrogens is 345 g/mol. The third-order valence-electron chi connectivity index (χ3n) is 5.29. The Balaban J connectivity index is 1.39. The normalized spacial score (nSPS) is 20.2. The summed E-state index contributed by atoms with van der Waals surface area (Å²) in [6.07, 6.45) is 7.28. The Morgan fingerprint density at radius 2 is 1.93 bits per heavy atom. The lowest BCUT2D eigenvalue weighted by Crippen LogP contribution is -2.38. The maximum Gasteiger partial charge on any atom is 0.236 e. The highest BCUT2D eigenvalue weighted by Crippen LogP contribution is 2.31. The van der Waals surface area contributed by atoms with Crippen LogP contribution in [-0.2, 0) is 4.79 Å². The highest BCUT2D eigenvalue weighted by molar-refractivity contribution is 5.78. The molecule has 0 bridgehead atoms. The van der Waals surface area contributed by atoms with E-state index in [0.29, 0.717) is 12.4 Å². The topological polar surface area (TPSA) is 61.4 Å². The van der Waals surface area contributed by atoms with E-state index in [2.05, 4.69) is 20.2 Å². The van der Waals surface area contributed by atoms with E-state index in [0.717, 1.165) is 56.7 Å². The highest BCUT2D eigenvalue weighted by Gasteiger charge is 2.30. The average Bonchev–Trinajstić information content (AvgIpc) is 3.36. The van der Waals surface area contributed by atoms with Crippen molar-refractivity contribution >= 4 is 17.4 Å². The number of halogens is 1. The molecule has 2 aromatic heterocycles. The Hall–Kier alpha value is -2.54. The zero-order chi connectivity index (χ0) is 18.6. The predicted molar refractivity (Wildman–Crippen MR) is 101 cm³/mol. The van der Waals surface area contributed by atoms with E-state index in [1.165, 1.54) is 12.3 Å². The number of anilines is 2. The number of likely N-dealkylation sites (tertiary alicyclic amines) is 2. The fourth-order valence-electron chi connectivity index (χ4n) is 3.86. The molecule has 2 aliphatic rings. The lowest BCUT2D eigenvalue weighted by Gasteiger charge is -2.26. The summed E-state index contributed by atoms with van der Waals surface area (Å²) in [5.41, 5.74) is 1.79. The minimum absolute atomic E-state index is 0.189. The minimum Gasteiger partial charge on any atom is -0.342 e. The molecular formula is C20H24FN5O. The summed E-state index contributed by atoms with van der Waals surface area (Å²) < 4.78 is 12.9. The Bertz CT molecular complexity index is 774. The van der Waals surface area contributed by atoms with Crippen LogP contribution in [0.4, 0.5) is 15.9 Å². The van der Waals surface area contributed by atoms with Crippen LogP contribution >= 0.6 is 0 Å². The number of hydrogen-bond acceptors (Lipinski definition) is 5. The number of carbonyl (C=O) groups is 1. The summed E-state index contributed by atoms with van der Waals surface area (Å²) in [6, 6.07) is 7.09. The van der Waals surface area contributed by atoms with Gasteiger partial charge in [-0.3, -0.25) is 14.7 Å². The Morgan fingerprint density at radius 1 is 1.07 bits per heavy atom. The first kappa shape index (κ1) is 17.9. The SMILES string of the molecule is O=C(CN1CCC[C@H]1c1ccc(Nc2ccc(F)cn2)cn1)N1CCCC1. The van der Waals surface area contributed by atoms with Gasteiger partial charge in [-0.25, -0.2) is 9.37 Å². The van der Waals surface area contributed by atoms with Crippen molar-refractivity contribution in [2.45, 2.75) is 31.7 Å². The van der Waals surface area contributed by atoms with E-state index in [4.69, 9.17) is 0 Å². The van der Waals surface area contributed by atoms with Gasteiger partial charge in [-0.05, 0) is 56.5 Å². The van der Waals surface area contributed by atoms with Crippen LogP contribution in [-0.4, -0.2) is 51.9 Å². The lowest BCUT2D eigenvalue weighted by atomic mass is 10.1. The molecule has 0 unspecified atom stereocenters. The van der Waals surface area contributed by atoms with E-state index in [9.17, 15) is 9.18 Å². The number of aromatic nitrogens is 2. The monoisotopic (exact) mass is 369 g/mol. The van der Waals surface area contributed by atoms with Gasteiger partial charge >= 0.3 is 0 Å². The second-order valence-electron chi connectivity index (χ2n) is 7.17. The van der Waals surface area contributed by atoms with Crippen molar-refractivity contribution in [1.29, 1.82) is 0 Å². The zero-order valence-electron chi connectivity index (χ0n) is 15.3. The third kappa shape index (κ3) is 4.24. The van der Waals surface area contributed by atoms with E-state index in [1.807, 2.05) is 17.0 Å². The Labute approximate surface area is 158 Å². The molecule has 4 heterocycles. The van der Waals surface area contributed by atoms with Gasteiger partial charge in [0.05, 0.1) is 36.4 Å². The average molecular weight is 369 g/mol. The first-order valence-corrected chi connectivity index (χ1v) is 9.55. The first-order chi connectivity index (χ1) is 13.2. The van der Waals surface area contributed by atoms with E-state index in [-0.39, 0.29) is 17.8 Å². The summed E-state index contributed by atoms with van der Waals surface area (Å²) in [7, 11) is 0. The smallest absolute Gasteiger partial charge is 0.236 e. The van der Waals surface area contributed by atoms with Gasteiger partial charge in [0.15, 0.2) is 0 Å². The summed E-state index contributed by atoms with van der Waals surface area (Å²) >= 11 is 0. The number of rotatable bonds is 5. The van der Waals surface area contributed by atoms with Crippen LogP contribution in [0.15, 0.2) is 36.7 Å². The fourth-order valence-corrected chi connectivity index (χ4v) is 3.86. The molecule has 1 amide bonds. The van der Waals surface area contributed by atoms with Gasteiger partial charge in [0.1, 0.15) is 11.6 Å². The molecule has 0 aliphatic carbocycles. The first-order valence-electron chi connectivity index (χ1n) is 9.55. The van der Waals surface area contributed by atoms with E-state index < -0.39 is 0 Å². The minimum atomic E-state index is -0.362. The standard InChI is InChI=1S/C20H24FN5O/c21-15-5-8-19(23-12-15)24-16-6-7-17(22-13-16)18-4-3-11-26(18)14-20(27)25-9-1-2-10-25/h5-8,12-13,18H,1-4,9-11,14H2,(H,23,24)/t18-/m0/s1. The Morgan fingerprint density at radius 3 is 2.63 bits per heavy atom. The molecule has 7 heteroatoms. The second kappa shape index (κ2) is 8.00. The number of amides is 1. The van der Waals surface area contributed by atoms with Crippen molar-refractivity contribution < 1.29 is 9.18 Å². The van der Waals surface area contributed by atoms with Crippen LogP contribution in [0.5, 0.6) is 0 Å². The van der Waals surface area contributed by atoms with Gasteiger partial charge in [0.2, 0.25) is 5.91 Å². The molecule has 2 fully saturated rings. The zero-order valence-corrected chi connectivity index (χ0v) is 15.3. The van der Waals surface area contributed by atoms with Gasteiger partial charge < -0.3 is 10.2 Å². The van der Waals surface area contributed by atoms with Gasteiger partial charge in [-0.15, -0.1) is 0 Å². The highest BCUT2D eigenvalue weighted by atomic mass is 19.1. The second-order valence-corrected chi connectivity index (χ2v) is 7.17. The maximum absolute atomic E-state index is 12.9. The molecule has 0 radical (unpaired) electrons. The molecule has 1 atom stereocenters. The van der Waals surface area contributed by atoms with Crippen LogP contribution < -0.4 is 5.32 Å². The van der Waals surface area contributed by atoms with Crippen LogP contribution in [0.1, 0.15) is 37.4 Å². The molecule has 2 saturated heterocycles. The van der Waals surface area contributed by atoms with Crippen molar-refractivity contribution in [3.63, 3.8) is 0 Å². The van der Waals surface area contributed by atoms with Crippen molar-refractivity contribution in [2.24, 2.45) is 0 Å². The quantitative estimate of drug-likeness (QED) is 0.877. The molecule has 142 valence electrons. The maximum atomic E-state index is 12.9. The molecule has 2 aliphatic heterocycles. The van der Waals surface area contributed by atoms with Gasteiger partial charge in [-0.1, -0.05) is 0 Å². The summed E-state index contributed by atoms with van der Waals surface area (Å²) in [6.45, 7) is 3.21. The summed E-state index contributed by atoms with van der Waals surface area (Å²) in [5.74, 6) is 0.448. The molecule has 0 spiro atoms. The van der Waals surface area contributed by atoms with E-state index >= 15 is 0 Å². The van der Waals surface area contributed by atoms with Gasteiger partial charge in [-0.2, -0.15) is 0 Å². The Kier molecular flexibility index (Phi) is 5.29. The number of nitrogens with one attached hydrogen (secondary N) is 1.